The van der Waals surface area contributed by atoms with Crippen molar-refractivity contribution in [2.24, 2.45) is 0 Å². The van der Waals surface area contributed by atoms with E-state index >= 15 is 0 Å². The zero-order valence-electron chi connectivity index (χ0n) is 26.8. The van der Waals surface area contributed by atoms with E-state index in [0.717, 1.165) is 0 Å². The van der Waals surface area contributed by atoms with Crippen LogP contribution < -0.4 is 42.4 Å². The number of hydrogen-bond acceptors (Lipinski definition) is 6. The lowest BCUT2D eigenvalue weighted by Crippen LogP contribution is -3.62. The number of rotatable bonds is 16. The molecule has 0 aliphatic carbocycles. The van der Waals surface area contributed by atoms with E-state index in [1.54, 1.807) is 0 Å². The summed E-state index contributed by atoms with van der Waals surface area (Å²) in [5.74, 6) is 0. The van der Waals surface area contributed by atoms with Gasteiger partial charge in [-0.15, -0.1) is 0 Å². The fourth-order valence-corrected chi connectivity index (χ4v) is 8.36. The maximum atomic E-state index is 10.7. The van der Waals surface area contributed by atoms with Gasteiger partial charge in [0.1, 0.15) is 0 Å². The molecular formula is C33H40F6I2O6S2. The molecule has 0 saturated carbocycles. The van der Waals surface area contributed by atoms with E-state index in [1.165, 1.54) is 96.9 Å². The van der Waals surface area contributed by atoms with Crippen molar-refractivity contribution >= 4 is 20.2 Å². The van der Waals surface area contributed by atoms with Crippen LogP contribution in [0, 0.1) is 14.3 Å². The number of aryl methyl sites for hydroxylation is 1. The summed E-state index contributed by atoms with van der Waals surface area (Å²) >= 11 is -0.130. The van der Waals surface area contributed by atoms with Crippen molar-refractivity contribution in [3.63, 3.8) is 0 Å². The van der Waals surface area contributed by atoms with Crippen LogP contribution in [0.15, 0.2) is 78.9 Å². The number of benzene rings is 3. The molecule has 0 aliphatic rings. The van der Waals surface area contributed by atoms with Crippen LogP contribution in [-0.2, 0) is 26.7 Å². The number of hydrogen-bond donors (Lipinski definition) is 0. The van der Waals surface area contributed by atoms with Gasteiger partial charge >= 0.3 is 53.4 Å². The van der Waals surface area contributed by atoms with Gasteiger partial charge in [0, 0.05) is 0 Å². The first-order chi connectivity index (χ1) is 22.8. The quantitative estimate of drug-likeness (QED) is 0.0719. The Morgan fingerprint density at radius 3 is 1.10 bits per heavy atom. The minimum Gasteiger partial charge on any atom is -0.741 e. The van der Waals surface area contributed by atoms with Crippen LogP contribution in [-0.4, -0.2) is 37.0 Å². The first-order valence-electron chi connectivity index (χ1n) is 15.4. The standard InChI is InChI=1S/C31H40I2.2CHF3O3S/c1-2-3-4-5-6-7-8-9-10-11-13-16-27-19-21-29(22-20-27)33-31-25-23-30(24-26-31)32-28-17-14-12-15-18-28;2*2-1(3,4)8(5,6)7/h12,14-15,17-26H,2-11,13,16H2,1H3;2*(H,5,6,7)/q+2;;/p-2. The van der Waals surface area contributed by atoms with Crippen LogP contribution in [0.4, 0.5) is 26.3 Å². The van der Waals surface area contributed by atoms with Gasteiger partial charge in [0.25, 0.3) is 0 Å². The van der Waals surface area contributed by atoms with E-state index in [0.29, 0.717) is 0 Å². The molecule has 0 heterocycles. The first-order valence-corrected chi connectivity index (χ1v) is 22.5. The van der Waals surface area contributed by atoms with Gasteiger partial charge in [0.2, 0.25) is 0 Å². The summed E-state index contributed by atoms with van der Waals surface area (Å²) in [5.41, 5.74) is -9.78. The molecule has 0 radical (unpaired) electrons. The lowest BCUT2D eigenvalue weighted by molar-refractivity contribution is -0.603. The summed E-state index contributed by atoms with van der Waals surface area (Å²) in [7, 11) is -12.2. The lowest BCUT2D eigenvalue weighted by atomic mass is 10.0. The van der Waals surface area contributed by atoms with Crippen LogP contribution in [0.1, 0.15) is 83.1 Å². The van der Waals surface area contributed by atoms with E-state index in [9.17, 15) is 26.3 Å². The van der Waals surface area contributed by atoms with Crippen molar-refractivity contribution in [3.8, 4) is 0 Å². The normalized spacial score (nSPS) is 12.0. The smallest absolute Gasteiger partial charge is 0.485 e. The third-order valence-electron chi connectivity index (χ3n) is 6.52. The summed E-state index contributed by atoms with van der Waals surface area (Å²) < 4.78 is 124. The predicted octanol–water partition coefficient (Wildman–Crippen LogP) is 2.90. The van der Waals surface area contributed by atoms with Gasteiger partial charge in [-0.2, -0.15) is 26.3 Å². The highest BCUT2D eigenvalue weighted by molar-refractivity contribution is 7.86. The van der Waals surface area contributed by atoms with E-state index in [1.807, 2.05) is 0 Å². The van der Waals surface area contributed by atoms with Crippen molar-refractivity contribution in [1.29, 1.82) is 0 Å². The van der Waals surface area contributed by atoms with Crippen molar-refractivity contribution in [3.05, 3.63) is 98.7 Å². The highest BCUT2D eigenvalue weighted by atomic mass is 127. The number of unbranched alkanes of at least 4 members (excludes halogenated alkanes) is 10. The van der Waals surface area contributed by atoms with Crippen LogP contribution in [0.3, 0.4) is 0 Å². The minimum absolute atomic E-state index is 0.0531. The van der Waals surface area contributed by atoms with Gasteiger partial charge in [-0.25, -0.2) is 16.8 Å². The largest absolute Gasteiger partial charge is 0.741 e. The molecule has 16 heteroatoms. The molecule has 3 rings (SSSR count). The molecule has 6 nitrogen and oxygen atoms in total. The minimum atomic E-state index is -6.09. The third kappa shape index (κ3) is 21.5. The fraction of sp³-hybridized carbons (Fsp3) is 0.455. The van der Waals surface area contributed by atoms with Crippen molar-refractivity contribution < 1.29 is 94.7 Å². The maximum absolute atomic E-state index is 10.7. The molecule has 0 amide bonds. The average molecular weight is 965 g/mol. The topological polar surface area (TPSA) is 114 Å². The average Bonchev–Trinajstić information content (AvgIpc) is 3.01. The van der Waals surface area contributed by atoms with Gasteiger partial charge < -0.3 is 9.11 Å². The van der Waals surface area contributed by atoms with Crippen LogP contribution >= 0.6 is 0 Å². The second kappa shape index (κ2) is 23.2. The fourth-order valence-electron chi connectivity index (χ4n) is 3.99. The molecule has 0 atom stereocenters. The van der Waals surface area contributed by atoms with Crippen molar-refractivity contribution in [2.75, 3.05) is 0 Å². The Labute approximate surface area is 306 Å². The van der Waals surface area contributed by atoms with E-state index < -0.39 is 31.3 Å². The summed E-state index contributed by atoms with van der Waals surface area (Å²) in [6.07, 6.45) is 16.9. The Bertz CT molecular complexity index is 1490. The Hall–Kier alpha value is -1.48. The van der Waals surface area contributed by atoms with E-state index in [4.69, 9.17) is 25.9 Å². The molecule has 3 aromatic rings. The monoisotopic (exact) mass is 964 g/mol. The van der Waals surface area contributed by atoms with Crippen LogP contribution in [0.5, 0.6) is 0 Å². The molecule has 0 aromatic heterocycles. The Kier molecular flexibility index (Phi) is 21.5. The SMILES string of the molecule is CCCCCCCCCCCCCc1ccc([I+]c2ccc([I+]c3ccccc3)cc2)cc1.O=S(=O)([O-])C(F)(F)F.O=S(=O)([O-])C(F)(F)F. The Morgan fingerprint density at radius 2 is 0.776 bits per heavy atom. The molecule has 0 N–H and O–H groups in total. The second-order valence-corrected chi connectivity index (χ2v) is 19.4. The Balaban J connectivity index is 0.000000620. The van der Waals surface area contributed by atoms with Gasteiger partial charge in [-0.1, -0.05) is 101 Å². The molecule has 0 bridgehead atoms. The highest BCUT2D eigenvalue weighted by Crippen LogP contribution is 2.21. The predicted molar refractivity (Wildman–Crippen MR) is 166 cm³/mol. The van der Waals surface area contributed by atoms with Crippen molar-refractivity contribution in [2.45, 2.75) is 95.0 Å². The van der Waals surface area contributed by atoms with Gasteiger partial charge in [0.15, 0.2) is 34.5 Å². The summed E-state index contributed by atoms with van der Waals surface area (Å²) in [4.78, 5) is 0. The molecule has 49 heavy (non-hydrogen) atoms. The van der Waals surface area contributed by atoms with Gasteiger partial charge in [0.05, 0.1) is 0 Å². The molecule has 0 aliphatic heterocycles. The van der Waals surface area contributed by atoms with Crippen LogP contribution in [0.25, 0.3) is 0 Å². The van der Waals surface area contributed by atoms with Gasteiger partial charge in [-0.05, 0) is 66.9 Å². The molecule has 0 spiro atoms. The molecule has 0 unspecified atom stereocenters. The molecule has 3 aromatic carbocycles. The first kappa shape index (κ1) is 45.5. The molecular weight excluding hydrogens is 924 g/mol. The molecule has 0 saturated heterocycles. The van der Waals surface area contributed by atoms with E-state index in [2.05, 4.69) is 85.8 Å². The van der Waals surface area contributed by atoms with Gasteiger partial charge in [-0.3, -0.25) is 0 Å². The van der Waals surface area contributed by atoms with Crippen molar-refractivity contribution in [1.82, 2.24) is 0 Å². The number of halogens is 8. The third-order valence-corrected chi connectivity index (χ3v) is 13.0. The van der Waals surface area contributed by atoms with E-state index in [-0.39, 0.29) is 42.4 Å². The zero-order chi connectivity index (χ0) is 37.0. The zero-order valence-corrected chi connectivity index (χ0v) is 32.7. The molecule has 276 valence electrons. The lowest BCUT2D eigenvalue weighted by Gasteiger charge is -2.08. The summed E-state index contributed by atoms with van der Waals surface area (Å²) in [6, 6.07) is 29.9. The summed E-state index contributed by atoms with van der Waals surface area (Å²) in [6.45, 7) is 2.30. The summed E-state index contributed by atoms with van der Waals surface area (Å²) in [5, 5.41) is 0. The maximum Gasteiger partial charge on any atom is 0.485 e. The molecule has 0 fully saturated rings. The number of alkyl halides is 6. The highest BCUT2D eigenvalue weighted by Gasteiger charge is 2.37. The van der Waals surface area contributed by atoms with Crippen LogP contribution in [0.2, 0.25) is 0 Å². The second-order valence-electron chi connectivity index (χ2n) is 10.6. The Morgan fingerprint density at radius 1 is 0.490 bits per heavy atom.